The van der Waals surface area contributed by atoms with E-state index < -0.39 is 6.10 Å². The fourth-order valence-corrected chi connectivity index (χ4v) is 1.87. The molecular weight excluding hydrogens is 276 g/mol. The van der Waals surface area contributed by atoms with Crippen molar-refractivity contribution in [1.82, 2.24) is 0 Å². The van der Waals surface area contributed by atoms with Crippen LogP contribution in [0.3, 0.4) is 0 Å². The molecule has 0 spiro atoms. The van der Waals surface area contributed by atoms with Crippen LogP contribution in [0.5, 0.6) is 5.75 Å². The molecule has 0 aliphatic rings. The zero-order chi connectivity index (χ0) is 15.6. The summed E-state index contributed by atoms with van der Waals surface area (Å²) in [5.41, 5.74) is 1.98. The van der Waals surface area contributed by atoms with Crippen molar-refractivity contribution in [3.05, 3.63) is 65.7 Å². The molecule has 2 rings (SSSR count). The van der Waals surface area contributed by atoms with Gasteiger partial charge in [-0.25, -0.2) is 0 Å². The lowest BCUT2D eigenvalue weighted by molar-refractivity contribution is 0.0906. The van der Waals surface area contributed by atoms with E-state index in [0.717, 1.165) is 16.9 Å². The van der Waals surface area contributed by atoms with Crippen LogP contribution in [0.15, 0.2) is 54.6 Å². The highest BCUT2D eigenvalue weighted by molar-refractivity contribution is 5.34. The highest BCUT2D eigenvalue weighted by atomic mass is 16.5. The lowest BCUT2D eigenvalue weighted by Crippen LogP contribution is -2.08. The van der Waals surface area contributed by atoms with E-state index in [1.807, 2.05) is 54.6 Å². The van der Waals surface area contributed by atoms with Crippen LogP contribution >= 0.6 is 0 Å². The van der Waals surface area contributed by atoms with Crippen LogP contribution in [0.2, 0.25) is 0 Å². The molecule has 0 radical (unpaired) electrons. The molecular formula is C19H20O3. The predicted molar refractivity (Wildman–Crippen MR) is 86.6 cm³/mol. The molecule has 3 nitrogen and oxygen atoms in total. The van der Waals surface area contributed by atoms with Gasteiger partial charge in [0, 0.05) is 12.0 Å². The molecule has 3 heteroatoms. The maximum absolute atomic E-state index is 9.81. The van der Waals surface area contributed by atoms with Crippen molar-refractivity contribution in [2.45, 2.75) is 19.1 Å². The minimum Gasteiger partial charge on any atom is -0.497 e. The summed E-state index contributed by atoms with van der Waals surface area (Å²) in [7, 11) is 1.64. The molecule has 1 N–H and O–H groups in total. The molecule has 114 valence electrons. The van der Waals surface area contributed by atoms with Gasteiger partial charge in [-0.15, -0.1) is 0 Å². The van der Waals surface area contributed by atoms with Crippen LogP contribution in [0.4, 0.5) is 0 Å². The smallest absolute Gasteiger partial charge is 0.118 e. The van der Waals surface area contributed by atoms with Crippen molar-refractivity contribution in [3.63, 3.8) is 0 Å². The number of benzene rings is 2. The molecule has 0 heterocycles. The number of aliphatic hydroxyl groups excluding tert-OH is 1. The Labute approximate surface area is 131 Å². The number of methoxy groups -OCH3 is 1. The van der Waals surface area contributed by atoms with Crippen LogP contribution in [-0.4, -0.2) is 24.9 Å². The maximum atomic E-state index is 9.81. The summed E-state index contributed by atoms with van der Waals surface area (Å²) in [6, 6.07) is 17.4. The van der Waals surface area contributed by atoms with Gasteiger partial charge in [-0.3, -0.25) is 0 Å². The Morgan fingerprint density at radius 3 is 2.45 bits per heavy atom. The van der Waals surface area contributed by atoms with Gasteiger partial charge in [0.1, 0.15) is 11.9 Å². The van der Waals surface area contributed by atoms with Crippen molar-refractivity contribution in [2.75, 3.05) is 13.7 Å². The van der Waals surface area contributed by atoms with Gasteiger partial charge in [-0.1, -0.05) is 42.2 Å². The molecule has 0 aliphatic carbocycles. The molecule has 0 aromatic heterocycles. The molecule has 2 aromatic rings. The van der Waals surface area contributed by atoms with Gasteiger partial charge in [0.05, 0.1) is 20.3 Å². The molecule has 0 saturated carbocycles. The van der Waals surface area contributed by atoms with E-state index in [4.69, 9.17) is 9.47 Å². The van der Waals surface area contributed by atoms with Gasteiger partial charge in [-0.05, 0) is 29.8 Å². The van der Waals surface area contributed by atoms with Crippen molar-refractivity contribution in [1.29, 1.82) is 0 Å². The first-order valence-corrected chi connectivity index (χ1v) is 7.23. The van der Waals surface area contributed by atoms with E-state index in [2.05, 4.69) is 11.8 Å². The Bertz CT molecular complexity index is 609. The monoisotopic (exact) mass is 296 g/mol. The molecule has 1 unspecified atom stereocenters. The first-order valence-electron chi connectivity index (χ1n) is 7.23. The number of rotatable bonds is 6. The zero-order valence-electron chi connectivity index (χ0n) is 12.7. The summed E-state index contributed by atoms with van der Waals surface area (Å²) < 4.78 is 10.6. The van der Waals surface area contributed by atoms with Crippen molar-refractivity contribution in [2.24, 2.45) is 0 Å². The second kappa shape index (κ2) is 8.89. The lowest BCUT2D eigenvalue weighted by atomic mass is 10.2. The van der Waals surface area contributed by atoms with E-state index in [9.17, 15) is 5.11 Å². The summed E-state index contributed by atoms with van der Waals surface area (Å²) in [6.07, 6.45) is -0.174. The SMILES string of the molecule is COc1ccc(COCCC(O)C#Cc2ccccc2)cc1. The third kappa shape index (κ3) is 5.61. The second-order valence-corrected chi connectivity index (χ2v) is 4.84. The first kappa shape index (κ1) is 16.1. The largest absolute Gasteiger partial charge is 0.497 e. The quantitative estimate of drug-likeness (QED) is 0.658. The minimum atomic E-state index is -0.670. The van der Waals surface area contributed by atoms with Crippen LogP contribution in [-0.2, 0) is 11.3 Å². The van der Waals surface area contributed by atoms with Gasteiger partial charge in [0.25, 0.3) is 0 Å². The third-order valence-electron chi connectivity index (χ3n) is 3.12. The number of hydrogen-bond acceptors (Lipinski definition) is 3. The van der Waals surface area contributed by atoms with Gasteiger partial charge in [0.15, 0.2) is 0 Å². The van der Waals surface area contributed by atoms with Crippen molar-refractivity contribution >= 4 is 0 Å². The van der Waals surface area contributed by atoms with E-state index in [-0.39, 0.29) is 0 Å². The first-order chi connectivity index (χ1) is 10.8. The van der Waals surface area contributed by atoms with E-state index >= 15 is 0 Å². The van der Waals surface area contributed by atoms with Gasteiger partial charge < -0.3 is 14.6 Å². The Balaban J connectivity index is 1.68. The topological polar surface area (TPSA) is 38.7 Å². The fourth-order valence-electron chi connectivity index (χ4n) is 1.87. The minimum absolute atomic E-state index is 0.469. The fraction of sp³-hybridized carbons (Fsp3) is 0.263. The molecule has 1 atom stereocenters. The highest BCUT2D eigenvalue weighted by Crippen LogP contribution is 2.12. The summed E-state index contributed by atoms with van der Waals surface area (Å²) >= 11 is 0. The standard InChI is InChI=1S/C19H20O3/c1-21-19-11-8-17(9-12-19)15-22-14-13-18(20)10-7-16-5-3-2-4-6-16/h2-6,8-9,11-12,18,20H,13-15H2,1H3. The van der Waals surface area contributed by atoms with E-state index in [1.165, 1.54) is 0 Å². The predicted octanol–water partition coefficient (Wildman–Crippen LogP) is 3.01. The molecule has 0 amide bonds. The Kier molecular flexibility index (Phi) is 6.50. The Hall–Kier alpha value is -2.28. The second-order valence-electron chi connectivity index (χ2n) is 4.84. The van der Waals surface area contributed by atoms with Crippen LogP contribution in [0.1, 0.15) is 17.5 Å². The molecule has 0 fully saturated rings. The van der Waals surface area contributed by atoms with Gasteiger partial charge in [-0.2, -0.15) is 0 Å². The normalized spacial score (nSPS) is 11.4. The average molecular weight is 296 g/mol. The van der Waals surface area contributed by atoms with E-state index in [1.54, 1.807) is 7.11 Å². The van der Waals surface area contributed by atoms with Crippen LogP contribution < -0.4 is 4.74 Å². The molecule has 0 aliphatic heterocycles. The summed E-state index contributed by atoms with van der Waals surface area (Å²) in [4.78, 5) is 0. The summed E-state index contributed by atoms with van der Waals surface area (Å²) in [5, 5.41) is 9.81. The Morgan fingerprint density at radius 2 is 1.77 bits per heavy atom. The highest BCUT2D eigenvalue weighted by Gasteiger charge is 2.00. The van der Waals surface area contributed by atoms with Crippen molar-refractivity contribution in [3.8, 4) is 17.6 Å². The lowest BCUT2D eigenvalue weighted by Gasteiger charge is -2.06. The number of hydrogen-bond donors (Lipinski definition) is 1. The molecule has 0 saturated heterocycles. The summed E-state index contributed by atoms with van der Waals surface area (Å²) in [5.74, 6) is 6.60. The van der Waals surface area contributed by atoms with E-state index in [0.29, 0.717) is 19.6 Å². The number of ether oxygens (including phenoxy) is 2. The Morgan fingerprint density at radius 1 is 1.05 bits per heavy atom. The molecule has 22 heavy (non-hydrogen) atoms. The van der Waals surface area contributed by atoms with Crippen LogP contribution in [0.25, 0.3) is 0 Å². The van der Waals surface area contributed by atoms with Gasteiger partial charge in [0.2, 0.25) is 0 Å². The maximum Gasteiger partial charge on any atom is 0.118 e. The number of aliphatic hydroxyl groups is 1. The molecule has 0 bridgehead atoms. The summed E-state index contributed by atoms with van der Waals surface area (Å²) in [6.45, 7) is 0.986. The molecule has 2 aromatic carbocycles. The third-order valence-corrected chi connectivity index (χ3v) is 3.12. The van der Waals surface area contributed by atoms with Crippen molar-refractivity contribution < 1.29 is 14.6 Å². The average Bonchev–Trinajstić information content (AvgIpc) is 2.58. The zero-order valence-corrected chi connectivity index (χ0v) is 12.7. The van der Waals surface area contributed by atoms with Gasteiger partial charge >= 0.3 is 0 Å². The van der Waals surface area contributed by atoms with Crippen LogP contribution in [0, 0.1) is 11.8 Å².